The van der Waals surface area contributed by atoms with Gasteiger partial charge in [0.15, 0.2) is 0 Å². The zero-order valence-corrected chi connectivity index (χ0v) is 11.8. The first kappa shape index (κ1) is 12.2. The maximum Gasteiger partial charge on any atom is 0.0938 e. The van der Waals surface area contributed by atoms with Gasteiger partial charge in [0.1, 0.15) is 0 Å². The largest absolute Gasteiger partial charge is 0.315 e. The molecule has 1 N–H and O–H groups in total. The first-order valence-corrected chi connectivity index (χ1v) is 7.32. The Morgan fingerprint density at radius 2 is 2.17 bits per heavy atom. The Morgan fingerprint density at radius 1 is 1.39 bits per heavy atom. The van der Waals surface area contributed by atoms with E-state index in [-0.39, 0.29) is 5.41 Å². The molecular weight excluding hydrogens is 264 g/mol. The van der Waals surface area contributed by atoms with Crippen molar-refractivity contribution >= 4 is 22.9 Å². The zero-order valence-electron chi connectivity index (χ0n) is 10.2. The number of aryl methyl sites for hydroxylation is 1. The third kappa shape index (κ3) is 2.07. The van der Waals surface area contributed by atoms with Crippen molar-refractivity contribution in [3.05, 3.63) is 50.9 Å². The molecule has 4 heteroatoms. The molecule has 1 fully saturated rings. The fourth-order valence-electron chi connectivity index (χ4n) is 2.50. The molecule has 0 radical (unpaired) electrons. The number of halogens is 1. The molecule has 0 saturated carbocycles. The Balaban J connectivity index is 1.93. The summed E-state index contributed by atoms with van der Waals surface area (Å²) in [4.78, 5) is 4.58. The Hall–Kier alpha value is -0.900. The molecular formula is C14H15ClN2S. The lowest BCUT2D eigenvalue weighted by Gasteiger charge is -2.43. The number of hydrogen-bond donors (Lipinski definition) is 1. The van der Waals surface area contributed by atoms with Gasteiger partial charge in [-0.05, 0) is 18.6 Å². The lowest BCUT2D eigenvalue weighted by Crippen LogP contribution is -2.58. The highest BCUT2D eigenvalue weighted by Gasteiger charge is 2.40. The number of thiazole rings is 1. The van der Waals surface area contributed by atoms with Gasteiger partial charge in [0.05, 0.1) is 5.01 Å². The Kier molecular flexibility index (Phi) is 3.14. The number of hydrogen-bond acceptors (Lipinski definition) is 3. The van der Waals surface area contributed by atoms with E-state index in [0.29, 0.717) is 0 Å². The number of rotatable bonds is 3. The highest BCUT2D eigenvalue weighted by Crippen LogP contribution is 2.37. The molecule has 1 saturated heterocycles. The van der Waals surface area contributed by atoms with Crippen molar-refractivity contribution in [2.45, 2.75) is 18.8 Å². The topological polar surface area (TPSA) is 24.9 Å². The van der Waals surface area contributed by atoms with Crippen LogP contribution in [-0.4, -0.2) is 18.1 Å². The molecule has 0 aliphatic carbocycles. The van der Waals surface area contributed by atoms with E-state index in [1.807, 2.05) is 19.1 Å². The highest BCUT2D eigenvalue weighted by molar-refractivity contribution is 7.09. The molecule has 1 aliphatic heterocycles. The second kappa shape index (κ2) is 4.65. The molecule has 0 spiro atoms. The predicted molar refractivity (Wildman–Crippen MR) is 76.6 cm³/mol. The Morgan fingerprint density at radius 3 is 2.72 bits per heavy atom. The van der Waals surface area contributed by atoms with Crippen LogP contribution in [0.5, 0.6) is 0 Å². The molecule has 0 bridgehead atoms. The smallest absolute Gasteiger partial charge is 0.0938 e. The lowest BCUT2D eigenvalue weighted by molar-refractivity contribution is 0.274. The molecule has 2 heterocycles. The summed E-state index contributed by atoms with van der Waals surface area (Å²) >= 11 is 8.09. The molecule has 0 atom stereocenters. The van der Waals surface area contributed by atoms with Gasteiger partial charge in [0.2, 0.25) is 0 Å². The van der Waals surface area contributed by atoms with Crippen LogP contribution in [-0.2, 0) is 11.8 Å². The van der Waals surface area contributed by atoms with Gasteiger partial charge < -0.3 is 5.32 Å². The third-order valence-corrected chi connectivity index (χ3v) is 4.82. The predicted octanol–water partition coefficient (Wildman–Crippen LogP) is 3.19. The van der Waals surface area contributed by atoms with Crippen LogP contribution in [0.3, 0.4) is 0 Å². The standard InChI is InChI=1S/C14H15ClN2S/c1-10-7-18-13(17-10)6-14(8-16-9-14)11-4-2-3-5-12(11)15/h2-5,7,16H,6,8-9H2,1H3. The third-order valence-electron chi connectivity index (χ3n) is 3.53. The van der Waals surface area contributed by atoms with Gasteiger partial charge in [-0.1, -0.05) is 29.8 Å². The molecule has 2 nitrogen and oxygen atoms in total. The summed E-state index contributed by atoms with van der Waals surface area (Å²) in [6.45, 7) is 4.01. The van der Waals surface area contributed by atoms with Gasteiger partial charge in [-0.2, -0.15) is 0 Å². The summed E-state index contributed by atoms with van der Waals surface area (Å²) < 4.78 is 0. The summed E-state index contributed by atoms with van der Waals surface area (Å²) in [7, 11) is 0. The van der Waals surface area contributed by atoms with Gasteiger partial charge in [0.25, 0.3) is 0 Å². The van der Waals surface area contributed by atoms with E-state index in [2.05, 4.69) is 27.8 Å². The van der Waals surface area contributed by atoms with Crippen molar-refractivity contribution in [1.29, 1.82) is 0 Å². The SMILES string of the molecule is Cc1csc(CC2(c3ccccc3Cl)CNC2)n1. The molecule has 0 unspecified atom stereocenters. The van der Waals surface area contributed by atoms with E-state index >= 15 is 0 Å². The van der Waals surface area contributed by atoms with Gasteiger partial charge in [-0.15, -0.1) is 11.3 Å². The lowest BCUT2D eigenvalue weighted by atomic mass is 9.73. The summed E-state index contributed by atoms with van der Waals surface area (Å²) in [5.41, 5.74) is 2.48. The number of aromatic nitrogens is 1. The van der Waals surface area contributed by atoms with Crippen LogP contribution < -0.4 is 5.32 Å². The van der Waals surface area contributed by atoms with E-state index in [4.69, 9.17) is 11.6 Å². The minimum atomic E-state index is 0.128. The molecule has 2 aromatic rings. The Bertz CT molecular complexity index is 560. The second-order valence-corrected chi connectivity index (χ2v) is 6.27. The minimum Gasteiger partial charge on any atom is -0.315 e. The maximum atomic E-state index is 6.35. The second-order valence-electron chi connectivity index (χ2n) is 4.92. The van der Waals surface area contributed by atoms with Gasteiger partial charge in [-0.25, -0.2) is 4.98 Å². The summed E-state index contributed by atoms with van der Waals surface area (Å²) in [5.74, 6) is 0. The number of nitrogens with one attached hydrogen (secondary N) is 1. The fraction of sp³-hybridized carbons (Fsp3) is 0.357. The van der Waals surface area contributed by atoms with Crippen LogP contribution in [0.1, 0.15) is 16.3 Å². The average Bonchev–Trinajstić information content (AvgIpc) is 2.71. The molecule has 18 heavy (non-hydrogen) atoms. The maximum absolute atomic E-state index is 6.35. The van der Waals surface area contributed by atoms with Crippen molar-refractivity contribution in [1.82, 2.24) is 10.3 Å². The van der Waals surface area contributed by atoms with Crippen LogP contribution >= 0.6 is 22.9 Å². The number of nitrogens with zero attached hydrogens (tertiary/aromatic N) is 1. The molecule has 3 rings (SSSR count). The molecule has 0 amide bonds. The van der Waals surface area contributed by atoms with Crippen LogP contribution in [0, 0.1) is 6.92 Å². The van der Waals surface area contributed by atoms with Crippen molar-refractivity contribution in [3.8, 4) is 0 Å². The molecule has 94 valence electrons. The van der Waals surface area contributed by atoms with E-state index in [1.165, 1.54) is 10.6 Å². The summed E-state index contributed by atoms with van der Waals surface area (Å²) in [6, 6.07) is 8.17. The summed E-state index contributed by atoms with van der Waals surface area (Å²) in [5, 5.41) is 7.56. The van der Waals surface area contributed by atoms with Crippen molar-refractivity contribution < 1.29 is 0 Å². The van der Waals surface area contributed by atoms with Gasteiger partial charge in [-0.3, -0.25) is 0 Å². The van der Waals surface area contributed by atoms with Crippen LogP contribution in [0.15, 0.2) is 29.6 Å². The van der Waals surface area contributed by atoms with Crippen molar-refractivity contribution in [2.75, 3.05) is 13.1 Å². The van der Waals surface area contributed by atoms with Crippen molar-refractivity contribution in [3.63, 3.8) is 0 Å². The van der Waals surface area contributed by atoms with Gasteiger partial charge >= 0.3 is 0 Å². The monoisotopic (exact) mass is 278 g/mol. The quantitative estimate of drug-likeness (QED) is 0.933. The van der Waals surface area contributed by atoms with Crippen molar-refractivity contribution in [2.24, 2.45) is 0 Å². The zero-order chi connectivity index (χ0) is 12.6. The first-order valence-electron chi connectivity index (χ1n) is 6.06. The van der Waals surface area contributed by atoms with Crippen LogP contribution in [0.4, 0.5) is 0 Å². The first-order chi connectivity index (χ1) is 8.70. The molecule has 1 aromatic heterocycles. The van der Waals surface area contributed by atoms with Crippen LogP contribution in [0.25, 0.3) is 0 Å². The van der Waals surface area contributed by atoms with E-state index < -0.39 is 0 Å². The molecule has 1 aliphatic rings. The van der Waals surface area contributed by atoms with E-state index in [0.717, 1.165) is 30.2 Å². The number of benzene rings is 1. The average molecular weight is 279 g/mol. The van der Waals surface area contributed by atoms with E-state index in [9.17, 15) is 0 Å². The summed E-state index contributed by atoms with van der Waals surface area (Å²) in [6.07, 6.45) is 0.974. The van der Waals surface area contributed by atoms with Gasteiger partial charge in [0, 0.05) is 41.0 Å². The molecule has 1 aromatic carbocycles. The normalized spacial score (nSPS) is 17.4. The van der Waals surface area contributed by atoms with Crippen LogP contribution in [0.2, 0.25) is 5.02 Å². The Labute approximate surface area is 116 Å². The van der Waals surface area contributed by atoms with E-state index in [1.54, 1.807) is 11.3 Å². The minimum absolute atomic E-state index is 0.128. The highest BCUT2D eigenvalue weighted by atomic mass is 35.5. The fourth-order valence-corrected chi connectivity index (χ4v) is 3.75.